The third kappa shape index (κ3) is 3.82. The topological polar surface area (TPSA) is 39.1 Å². The third-order valence-corrected chi connectivity index (χ3v) is 2.92. The van der Waals surface area contributed by atoms with Crippen molar-refractivity contribution in [3.05, 3.63) is 17.5 Å². The van der Waals surface area contributed by atoms with Crippen molar-refractivity contribution in [3.63, 3.8) is 0 Å². The Morgan fingerprint density at radius 3 is 2.65 bits per heavy atom. The van der Waals surface area contributed by atoms with Crippen LogP contribution in [-0.4, -0.2) is 36.6 Å². The SMILES string of the molecule is CCNCC(COC)n1nc(CC)cc1CC. The number of ether oxygens (including phenoxy) is 1. The summed E-state index contributed by atoms with van der Waals surface area (Å²) >= 11 is 0. The van der Waals surface area contributed by atoms with E-state index in [1.165, 1.54) is 11.4 Å². The van der Waals surface area contributed by atoms with Crippen molar-refractivity contribution in [1.29, 1.82) is 0 Å². The molecule has 17 heavy (non-hydrogen) atoms. The van der Waals surface area contributed by atoms with Crippen LogP contribution < -0.4 is 5.32 Å². The molecule has 0 saturated carbocycles. The maximum absolute atomic E-state index is 5.30. The van der Waals surface area contributed by atoms with Crippen LogP contribution in [0.4, 0.5) is 0 Å². The minimum atomic E-state index is 0.287. The van der Waals surface area contributed by atoms with Crippen molar-refractivity contribution in [2.24, 2.45) is 0 Å². The minimum absolute atomic E-state index is 0.287. The first-order chi connectivity index (χ1) is 8.26. The molecule has 1 unspecified atom stereocenters. The lowest BCUT2D eigenvalue weighted by Gasteiger charge is -2.19. The summed E-state index contributed by atoms with van der Waals surface area (Å²) in [6.45, 7) is 9.01. The van der Waals surface area contributed by atoms with Crippen molar-refractivity contribution < 1.29 is 4.74 Å². The van der Waals surface area contributed by atoms with Gasteiger partial charge in [0, 0.05) is 19.3 Å². The van der Waals surface area contributed by atoms with Gasteiger partial charge < -0.3 is 10.1 Å². The Morgan fingerprint density at radius 2 is 2.12 bits per heavy atom. The minimum Gasteiger partial charge on any atom is -0.382 e. The molecule has 4 heteroatoms. The van der Waals surface area contributed by atoms with Gasteiger partial charge in [0.05, 0.1) is 18.3 Å². The second-order valence-electron chi connectivity index (χ2n) is 4.20. The Labute approximate surface area is 104 Å². The van der Waals surface area contributed by atoms with Gasteiger partial charge in [-0.1, -0.05) is 20.8 Å². The van der Waals surface area contributed by atoms with Crippen LogP contribution in [0.5, 0.6) is 0 Å². The highest BCUT2D eigenvalue weighted by Crippen LogP contribution is 2.13. The summed E-state index contributed by atoms with van der Waals surface area (Å²) in [5.74, 6) is 0. The molecular formula is C13H25N3O. The predicted molar refractivity (Wildman–Crippen MR) is 70.4 cm³/mol. The van der Waals surface area contributed by atoms with E-state index < -0.39 is 0 Å². The Kier molecular flexibility index (Phi) is 6.22. The van der Waals surface area contributed by atoms with Gasteiger partial charge in [0.1, 0.15) is 0 Å². The first-order valence-electron chi connectivity index (χ1n) is 6.53. The summed E-state index contributed by atoms with van der Waals surface area (Å²) in [6.07, 6.45) is 2.00. The lowest BCUT2D eigenvalue weighted by atomic mass is 10.2. The summed E-state index contributed by atoms with van der Waals surface area (Å²) in [7, 11) is 1.74. The Bertz CT molecular complexity index is 322. The second-order valence-corrected chi connectivity index (χ2v) is 4.20. The van der Waals surface area contributed by atoms with Gasteiger partial charge in [-0.3, -0.25) is 4.68 Å². The summed E-state index contributed by atoms with van der Waals surface area (Å²) in [6, 6.07) is 2.49. The molecule has 0 fully saturated rings. The average Bonchev–Trinajstić information content (AvgIpc) is 2.77. The molecule has 0 amide bonds. The zero-order valence-corrected chi connectivity index (χ0v) is 11.5. The summed E-state index contributed by atoms with van der Waals surface area (Å²) in [5, 5.41) is 8.04. The first kappa shape index (κ1) is 14.2. The molecule has 0 aliphatic carbocycles. The standard InChI is InChI=1S/C13H25N3O/c1-5-11-8-12(6-2)16(15-11)13(10-17-4)9-14-7-3/h8,13-14H,5-7,9-10H2,1-4H3. The van der Waals surface area contributed by atoms with Crippen LogP contribution in [0.15, 0.2) is 6.07 Å². The average molecular weight is 239 g/mol. The maximum Gasteiger partial charge on any atom is 0.0879 e. The highest BCUT2D eigenvalue weighted by Gasteiger charge is 2.15. The van der Waals surface area contributed by atoms with Gasteiger partial charge in [0.15, 0.2) is 0 Å². The van der Waals surface area contributed by atoms with Gasteiger partial charge >= 0.3 is 0 Å². The van der Waals surface area contributed by atoms with Gasteiger partial charge in [0.25, 0.3) is 0 Å². The molecule has 0 aliphatic heterocycles. The molecule has 0 bridgehead atoms. The molecule has 98 valence electrons. The van der Waals surface area contributed by atoms with Gasteiger partial charge in [0.2, 0.25) is 0 Å². The Morgan fingerprint density at radius 1 is 1.35 bits per heavy atom. The molecular weight excluding hydrogens is 214 g/mol. The van der Waals surface area contributed by atoms with Crippen LogP contribution >= 0.6 is 0 Å². The van der Waals surface area contributed by atoms with Crippen molar-refractivity contribution in [1.82, 2.24) is 15.1 Å². The highest BCUT2D eigenvalue weighted by molar-refractivity contribution is 5.11. The number of methoxy groups -OCH3 is 1. The molecule has 0 radical (unpaired) electrons. The monoisotopic (exact) mass is 239 g/mol. The highest BCUT2D eigenvalue weighted by atomic mass is 16.5. The number of rotatable bonds is 8. The lowest BCUT2D eigenvalue weighted by Crippen LogP contribution is -2.30. The number of hydrogen-bond donors (Lipinski definition) is 1. The molecule has 0 aromatic carbocycles. The van der Waals surface area contributed by atoms with E-state index in [2.05, 4.69) is 41.9 Å². The molecule has 1 atom stereocenters. The zero-order chi connectivity index (χ0) is 12.7. The van der Waals surface area contributed by atoms with Crippen molar-refractivity contribution in [2.75, 3.05) is 26.8 Å². The normalized spacial score (nSPS) is 12.9. The van der Waals surface area contributed by atoms with E-state index in [9.17, 15) is 0 Å². The van der Waals surface area contributed by atoms with Gasteiger partial charge in [-0.25, -0.2) is 0 Å². The fourth-order valence-corrected chi connectivity index (χ4v) is 1.96. The lowest BCUT2D eigenvalue weighted by molar-refractivity contribution is 0.147. The largest absolute Gasteiger partial charge is 0.382 e. The van der Waals surface area contributed by atoms with Crippen LogP contribution in [0, 0.1) is 0 Å². The summed E-state index contributed by atoms with van der Waals surface area (Å²) < 4.78 is 7.43. The quantitative estimate of drug-likeness (QED) is 0.752. The van der Waals surface area contributed by atoms with Gasteiger partial charge in [-0.05, 0) is 25.5 Å². The smallest absolute Gasteiger partial charge is 0.0879 e. The van der Waals surface area contributed by atoms with Crippen LogP contribution in [-0.2, 0) is 17.6 Å². The molecule has 1 aromatic heterocycles. The van der Waals surface area contributed by atoms with E-state index in [0.717, 1.165) is 25.9 Å². The summed E-state index contributed by atoms with van der Waals surface area (Å²) in [5.41, 5.74) is 2.46. The molecule has 0 saturated heterocycles. The molecule has 4 nitrogen and oxygen atoms in total. The molecule has 0 aliphatic rings. The van der Waals surface area contributed by atoms with E-state index >= 15 is 0 Å². The summed E-state index contributed by atoms with van der Waals surface area (Å²) in [4.78, 5) is 0. The van der Waals surface area contributed by atoms with Crippen molar-refractivity contribution >= 4 is 0 Å². The molecule has 1 rings (SSSR count). The number of nitrogens with one attached hydrogen (secondary N) is 1. The third-order valence-electron chi connectivity index (χ3n) is 2.92. The molecule has 1 N–H and O–H groups in total. The number of aromatic nitrogens is 2. The van der Waals surface area contributed by atoms with E-state index in [1.54, 1.807) is 7.11 Å². The van der Waals surface area contributed by atoms with Crippen LogP contribution in [0.25, 0.3) is 0 Å². The molecule has 1 heterocycles. The van der Waals surface area contributed by atoms with Crippen molar-refractivity contribution in [3.8, 4) is 0 Å². The number of nitrogens with zero attached hydrogens (tertiary/aromatic N) is 2. The van der Waals surface area contributed by atoms with Crippen LogP contribution in [0.3, 0.4) is 0 Å². The molecule has 0 spiro atoms. The van der Waals surface area contributed by atoms with E-state index in [4.69, 9.17) is 4.74 Å². The number of hydrogen-bond acceptors (Lipinski definition) is 3. The number of aryl methyl sites for hydroxylation is 2. The van der Waals surface area contributed by atoms with E-state index in [0.29, 0.717) is 6.61 Å². The Balaban J connectivity index is 2.86. The fraction of sp³-hybridized carbons (Fsp3) is 0.769. The van der Waals surface area contributed by atoms with Gasteiger partial charge in [-0.15, -0.1) is 0 Å². The van der Waals surface area contributed by atoms with Crippen LogP contribution in [0.2, 0.25) is 0 Å². The maximum atomic E-state index is 5.30. The van der Waals surface area contributed by atoms with Crippen LogP contribution in [0.1, 0.15) is 38.2 Å². The first-order valence-corrected chi connectivity index (χ1v) is 6.53. The van der Waals surface area contributed by atoms with E-state index in [-0.39, 0.29) is 6.04 Å². The van der Waals surface area contributed by atoms with E-state index in [1.807, 2.05) is 0 Å². The fourth-order valence-electron chi connectivity index (χ4n) is 1.96. The zero-order valence-electron chi connectivity index (χ0n) is 11.5. The van der Waals surface area contributed by atoms with Crippen molar-refractivity contribution in [2.45, 2.75) is 39.7 Å². The predicted octanol–water partition coefficient (Wildman–Crippen LogP) is 1.80. The number of likely N-dealkylation sites (N-methyl/N-ethyl adjacent to an activating group) is 1. The second kappa shape index (κ2) is 7.45. The Hall–Kier alpha value is -0.870. The molecule has 1 aromatic rings. The van der Waals surface area contributed by atoms with Gasteiger partial charge in [-0.2, -0.15) is 5.10 Å².